The lowest BCUT2D eigenvalue weighted by atomic mass is 9.96. The number of nitrogens with zero attached hydrogens (tertiary/aromatic N) is 2. The molecule has 1 N–H and O–H groups in total. The van der Waals surface area contributed by atoms with Crippen LogP contribution in [0.4, 0.5) is 0 Å². The molecular weight excluding hydrogens is 326 g/mol. The summed E-state index contributed by atoms with van der Waals surface area (Å²) in [7, 11) is 0. The van der Waals surface area contributed by atoms with Crippen LogP contribution in [0.3, 0.4) is 0 Å². The van der Waals surface area contributed by atoms with Crippen molar-refractivity contribution in [3.05, 3.63) is 82.5 Å². The van der Waals surface area contributed by atoms with Crippen LogP contribution in [-0.4, -0.2) is 16.0 Å². The average Bonchev–Trinajstić information content (AvgIpc) is 3.12. The number of hydrogen-bond acceptors (Lipinski definition) is 4. The molecule has 1 atom stereocenters. The monoisotopic (exact) mass is 349 g/mol. The highest BCUT2D eigenvalue weighted by molar-refractivity contribution is 5.92. The molecule has 0 saturated heterocycles. The van der Waals surface area contributed by atoms with Gasteiger partial charge in [0.05, 0.1) is 6.04 Å². The van der Waals surface area contributed by atoms with E-state index in [2.05, 4.69) is 48.4 Å². The van der Waals surface area contributed by atoms with E-state index in [-0.39, 0.29) is 11.9 Å². The first-order valence-corrected chi connectivity index (χ1v) is 8.82. The quantitative estimate of drug-likeness (QED) is 0.725. The molecule has 0 aliphatic rings. The van der Waals surface area contributed by atoms with Crippen molar-refractivity contribution in [1.82, 2.24) is 15.5 Å². The number of amides is 1. The fourth-order valence-corrected chi connectivity index (χ4v) is 2.84. The summed E-state index contributed by atoms with van der Waals surface area (Å²) in [5.41, 5.74) is 4.61. The Kier molecular flexibility index (Phi) is 5.46. The summed E-state index contributed by atoms with van der Waals surface area (Å²) in [5, 5.41) is 6.97. The van der Waals surface area contributed by atoms with E-state index in [9.17, 15) is 4.79 Å². The van der Waals surface area contributed by atoms with Crippen LogP contribution in [0.1, 0.15) is 57.9 Å². The summed E-state index contributed by atoms with van der Waals surface area (Å²) >= 11 is 0. The second-order valence-electron chi connectivity index (χ2n) is 6.46. The number of hydrogen-bond donors (Lipinski definition) is 1. The second-order valence-corrected chi connectivity index (χ2v) is 6.46. The SMILES string of the molecule is CCCc1cc(C(=O)N[C@H](c2cccnc2)c2ccc(C)c(C)c2)no1. The zero-order chi connectivity index (χ0) is 18.5. The lowest BCUT2D eigenvalue weighted by Crippen LogP contribution is -2.29. The molecule has 0 radical (unpaired) electrons. The van der Waals surface area contributed by atoms with Gasteiger partial charge in [-0.3, -0.25) is 9.78 Å². The molecule has 0 unspecified atom stereocenters. The summed E-state index contributed by atoms with van der Waals surface area (Å²) in [5.74, 6) is 0.463. The number of benzene rings is 1. The summed E-state index contributed by atoms with van der Waals surface area (Å²) in [6, 6.07) is 11.4. The van der Waals surface area contributed by atoms with E-state index in [0.717, 1.165) is 29.7 Å². The van der Waals surface area contributed by atoms with E-state index in [0.29, 0.717) is 5.69 Å². The topological polar surface area (TPSA) is 68.0 Å². The zero-order valence-corrected chi connectivity index (χ0v) is 15.3. The Morgan fingerprint density at radius 3 is 2.69 bits per heavy atom. The van der Waals surface area contributed by atoms with Crippen molar-refractivity contribution in [3.63, 3.8) is 0 Å². The van der Waals surface area contributed by atoms with Crippen molar-refractivity contribution in [2.24, 2.45) is 0 Å². The van der Waals surface area contributed by atoms with Crippen LogP contribution < -0.4 is 5.32 Å². The van der Waals surface area contributed by atoms with Gasteiger partial charge in [0, 0.05) is 24.9 Å². The first-order chi connectivity index (χ1) is 12.6. The van der Waals surface area contributed by atoms with E-state index in [4.69, 9.17) is 4.52 Å². The molecule has 0 aliphatic heterocycles. The number of nitrogens with one attached hydrogen (secondary N) is 1. The molecule has 0 spiro atoms. The van der Waals surface area contributed by atoms with Gasteiger partial charge >= 0.3 is 0 Å². The van der Waals surface area contributed by atoms with Crippen molar-refractivity contribution in [2.45, 2.75) is 39.7 Å². The van der Waals surface area contributed by atoms with Crippen LogP contribution in [0, 0.1) is 13.8 Å². The Hall–Kier alpha value is -2.95. The normalized spacial score (nSPS) is 12.0. The molecule has 3 aromatic rings. The molecule has 3 rings (SSSR count). The van der Waals surface area contributed by atoms with Gasteiger partial charge in [0.25, 0.3) is 5.91 Å². The summed E-state index contributed by atoms with van der Waals surface area (Å²) in [4.78, 5) is 16.9. The van der Waals surface area contributed by atoms with Crippen LogP contribution in [-0.2, 0) is 6.42 Å². The number of rotatable bonds is 6. The van der Waals surface area contributed by atoms with Crippen LogP contribution >= 0.6 is 0 Å². The molecule has 26 heavy (non-hydrogen) atoms. The summed E-state index contributed by atoms with van der Waals surface area (Å²) in [6.07, 6.45) is 5.20. The molecule has 0 saturated carbocycles. The lowest BCUT2D eigenvalue weighted by Gasteiger charge is -2.20. The lowest BCUT2D eigenvalue weighted by molar-refractivity contribution is 0.0933. The maximum Gasteiger partial charge on any atom is 0.274 e. The highest BCUT2D eigenvalue weighted by atomic mass is 16.5. The molecule has 0 fully saturated rings. The van der Waals surface area contributed by atoms with Crippen molar-refractivity contribution >= 4 is 5.91 Å². The van der Waals surface area contributed by atoms with Crippen LogP contribution in [0.15, 0.2) is 53.3 Å². The van der Waals surface area contributed by atoms with Gasteiger partial charge in [-0.15, -0.1) is 0 Å². The Morgan fingerprint density at radius 1 is 1.15 bits per heavy atom. The molecule has 5 heteroatoms. The average molecular weight is 349 g/mol. The number of carbonyl (C=O) groups excluding carboxylic acids is 1. The third-order valence-corrected chi connectivity index (χ3v) is 4.45. The molecule has 0 bridgehead atoms. The summed E-state index contributed by atoms with van der Waals surface area (Å²) in [6.45, 7) is 6.19. The molecule has 1 aromatic carbocycles. The largest absolute Gasteiger partial charge is 0.361 e. The number of aryl methyl sites for hydroxylation is 3. The van der Waals surface area contributed by atoms with E-state index in [1.807, 2.05) is 18.2 Å². The third-order valence-electron chi connectivity index (χ3n) is 4.45. The predicted octanol–water partition coefficient (Wildman–Crippen LogP) is 4.16. The van der Waals surface area contributed by atoms with E-state index in [1.165, 1.54) is 11.1 Å². The Balaban J connectivity index is 1.90. The minimum atomic E-state index is -0.304. The van der Waals surface area contributed by atoms with E-state index < -0.39 is 0 Å². The van der Waals surface area contributed by atoms with Gasteiger partial charge in [0.1, 0.15) is 5.76 Å². The van der Waals surface area contributed by atoms with E-state index in [1.54, 1.807) is 18.5 Å². The molecule has 0 aliphatic carbocycles. The van der Waals surface area contributed by atoms with Gasteiger partial charge in [-0.1, -0.05) is 36.3 Å². The third kappa shape index (κ3) is 3.99. The van der Waals surface area contributed by atoms with Crippen molar-refractivity contribution in [1.29, 1.82) is 0 Å². The van der Waals surface area contributed by atoms with Crippen molar-refractivity contribution in [2.75, 3.05) is 0 Å². The Labute approximate surface area is 153 Å². The maximum absolute atomic E-state index is 12.7. The molecule has 5 nitrogen and oxygen atoms in total. The minimum Gasteiger partial charge on any atom is -0.361 e. The molecule has 2 heterocycles. The molecule has 134 valence electrons. The van der Waals surface area contributed by atoms with Crippen molar-refractivity contribution < 1.29 is 9.32 Å². The number of aromatic nitrogens is 2. The smallest absolute Gasteiger partial charge is 0.274 e. The van der Waals surface area contributed by atoms with Gasteiger partial charge in [0.2, 0.25) is 0 Å². The standard InChI is InChI=1S/C21H23N3O2/c1-4-6-18-12-19(24-26-18)21(25)23-20(17-7-5-10-22-13-17)16-9-8-14(2)15(3)11-16/h5,7-13,20H,4,6H2,1-3H3,(H,23,25)/t20-/m0/s1. The van der Waals surface area contributed by atoms with Gasteiger partial charge in [-0.25, -0.2) is 0 Å². The van der Waals surface area contributed by atoms with Crippen LogP contribution in [0.5, 0.6) is 0 Å². The van der Waals surface area contributed by atoms with E-state index >= 15 is 0 Å². The van der Waals surface area contributed by atoms with Gasteiger partial charge in [-0.2, -0.15) is 0 Å². The molecule has 2 aromatic heterocycles. The maximum atomic E-state index is 12.7. The molecular formula is C21H23N3O2. The number of pyridine rings is 1. The first-order valence-electron chi connectivity index (χ1n) is 8.82. The summed E-state index contributed by atoms with van der Waals surface area (Å²) < 4.78 is 5.23. The minimum absolute atomic E-state index is 0.261. The van der Waals surface area contributed by atoms with Crippen LogP contribution in [0.25, 0.3) is 0 Å². The highest BCUT2D eigenvalue weighted by Gasteiger charge is 2.21. The zero-order valence-electron chi connectivity index (χ0n) is 15.3. The fourth-order valence-electron chi connectivity index (χ4n) is 2.84. The Morgan fingerprint density at radius 2 is 2.00 bits per heavy atom. The van der Waals surface area contributed by atoms with Gasteiger partial charge in [-0.05, 0) is 48.6 Å². The van der Waals surface area contributed by atoms with Gasteiger partial charge < -0.3 is 9.84 Å². The van der Waals surface area contributed by atoms with Crippen LogP contribution in [0.2, 0.25) is 0 Å². The van der Waals surface area contributed by atoms with Gasteiger partial charge in [0.15, 0.2) is 5.69 Å². The van der Waals surface area contributed by atoms with Crippen molar-refractivity contribution in [3.8, 4) is 0 Å². The highest BCUT2D eigenvalue weighted by Crippen LogP contribution is 2.24. The second kappa shape index (κ2) is 7.95. The number of carbonyl (C=O) groups is 1. The fraction of sp³-hybridized carbons (Fsp3) is 0.286. The predicted molar refractivity (Wildman–Crippen MR) is 100.0 cm³/mol. The first kappa shape index (κ1) is 17.9. The Bertz CT molecular complexity index is 887. The molecule has 1 amide bonds.